The third-order valence-corrected chi connectivity index (χ3v) is 5.72. The van der Waals surface area contributed by atoms with Crippen LogP contribution < -0.4 is 5.32 Å². The maximum absolute atomic E-state index is 12.7. The van der Waals surface area contributed by atoms with Gasteiger partial charge >= 0.3 is 5.97 Å². The van der Waals surface area contributed by atoms with Crippen LogP contribution in [0.25, 0.3) is 10.9 Å². The van der Waals surface area contributed by atoms with E-state index in [1.54, 1.807) is 0 Å². The van der Waals surface area contributed by atoms with Gasteiger partial charge in [-0.3, -0.25) is 4.79 Å². The first-order valence-corrected chi connectivity index (χ1v) is 10.7. The lowest BCUT2D eigenvalue weighted by atomic mass is 9.89. The molecule has 166 valence electrons. The maximum atomic E-state index is 12.7. The fourth-order valence-electron chi connectivity index (χ4n) is 4.07. The SMILES string of the molecule is COC(=O)C1(Cc2ccccc2)CC(CNC(=O)c2ccc3c(ccn3C(C)C)c2)=NO1. The van der Waals surface area contributed by atoms with Crippen molar-refractivity contribution in [3.8, 4) is 0 Å². The molecule has 1 atom stereocenters. The van der Waals surface area contributed by atoms with E-state index < -0.39 is 11.6 Å². The van der Waals surface area contributed by atoms with Crippen LogP contribution in [0.2, 0.25) is 0 Å². The number of rotatable bonds is 7. The summed E-state index contributed by atoms with van der Waals surface area (Å²) in [7, 11) is 1.33. The monoisotopic (exact) mass is 433 g/mol. The number of hydrogen-bond donors (Lipinski definition) is 1. The molecule has 0 saturated heterocycles. The zero-order chi connectivity index (χ0) is 22.7. The molecular weight excluding hydrogens is 406 g/mol. The fraction of sp³-hybridized carbons (Fsp3) is 0.320. The van der Waals surface area contributed by atoms with Crippen molar-refractivity contribution >= 4 is 28.5 Å². The second-order valence-electron chi connectivity index (χ2n) is 8.35. The number of aromatic nitrogens is 1. The fourth-order valence-corrected chi connectivity index (χ4v) is 4.07. The zero-order valence-electron chi connectivity index (χ0n) is 18.5. The number of benzene rings is 2. The van der Waals surface area contributed by atoms with Gasteiger partial charge in [0.05, 0.1) is 19.4 Å². The van der Waals surface area contributed by atoms with Crippen LogP contribution in [0, 0.1) is 0 Å². The van der Waals surface area contributed by atoms with Crippen LogP contribution in [0.5, 0.6) is 0 Å². The van der Waals surface area contributed by atoms with E-state index in [1.807, 2.05) is 60.8 Å². The minimum absolute atomic E-state index is 0.192. The van der Waals surface area contributed by atoms with Crippen LogP contribution in [-0.2, 0) is 20.8 Å². The molecule has 1 unspecified atom stereocenters. The van der Waals surface area contributed by atoms with Crippen molar-refractivity contribution < 1.29 is 19.2 Å². The van der Waals surface area contributed by atoms with Gasteiger partial charge in [0.1, 0.15) is 0 Å². The molecule has 1 aliphatic heterocycles. The van der Waals surface area contributed by atoms with Crippen molar-refractivity contribution in [3.63, 3.8) is 0 Å². The molecule has 0 radical (unpaired) electrons. The molecule has 7 heteroatoms. The van der Waals surface area contributed by atoms with E-state index in [0.29, 0.717) is 23.7 Å². The number of methoxy groups -OCH3 is 1. The number of carbonyl (C=O) groups excluding carboxylic acids is 2. The Kier molecular flexibility index (Phi) is 5.99. The molecule has 1 N–H and O–H groups in total. The van der Waals surface area contributed by atoms with E-state index >= 15 is 0 Å². The molecule has 3 aromatic rings. The van der Waals surface area contributed by atoms with Crippen molar-refractivity contribution in [2.75, 3.05) is 13.7 Å². The Morgan fingerprint density at radius 3 is 2.69 bits per heavy atom. The highest BCUT2D eigenvalue weighted by atomic mass is 16.7. The first-order valence-electron chi connectivity index (χ1n) is 10.7. The Balaban J connectivity index is 1.42. The van der Waals surface area contributed by atoms with Crippen molar-refractivity contribution in [2.24, 2.45) is 5.16 Å². The standard InChI is InChI=1S/C25H27N3O4/c1-17(2)28-12-11-19-13-20(9-10-22(19)28)23(29)26-16-21-15-25(32-27-21,24(30)31-3)14-18-7-5-4-6-8-18/h4-13,17H,14-16H2,1-3H3,(H,26,29). The molecule has 0 fully saturated rings. The van der Waals surface area contributed by atoms with E-state index in [0.717, 1.165) is 16.5 Å². The van der Waals surface area contributed by atoms with Crippen LogP contribution in [-0.4, -0.2) is 41.4 Å². The van der Waals surface area contributed by atoms with Crippen LogP contribution in [0.15, 0.2) is 65.9 Å². The zero-order valence-corrected chi connectivity index (χ0v) is 18.5. The molecule has 0 saturated carbocycles. The third kappa shape index (κ3) is 4.23. The molecule has 7 nitrogen and oxygen atoms in total. The van der Waals surface area contributed by atoms with E-state index in [-0.39, 0.29) is 18.9 Å². The molecule has 2 aromatic carbocycles. The molecule has 1 aliphatic rings. The minimum Gasteiger partial charge on any atom is -0.466 e. The molecule has 0 spiro atoms. The molecule has 0 bridgehead atoms. The molecule has 2 heterocycles. The summed E-state index contributed by atoms with van der Waals surface area (Å²) in [6, 6.07) is 17.6. The van der Waals surface area contributed by atoms with Gasteiger partial charge < -0.3 is 19.5 Å². The number of fused-ring (bicyclic) bond motifs is 1. The lowest BCUT2D eigenvalue weighted by molar-refractivity contribution is -0.166. The Hall–Kier alpha value is -3.61. The number of ether oxygens (including phenoxy) is 1. The summed E-state index contributed by atoms with van der Waals surface area (Å²) < 4.78 is 7.15. The van der Waals surface area contributed by atoms with Gasteiger partial charge in [0.15, 0.2) is 0 Å². The summed E-state index contributed by atoms with van der Waals surface area (Å²) >= 11 is 0. The molecular formula is C25H27N3O4. The van der Waals surface area contributed by atoms with E-state index in [4.69, 9.17) is 9.57 Å². The summed E-state index contributed by atoms with van der Waals surface area (Å²) in [6.07, 6.45) is 2.62. The molecule has 32 heavy (non-hydrogen) atoms. The van der Waals surface area contributed by atoms with Crippen molar-refractivity contribution in [1.82, 2.24) is 9.88 Å². The van der Waals surface area contributed by atoms with Crippen LogP contribution in [0.4, 0.5) is 0 Å². The highest BCUT2D eigenvalue weighted by molar-refractivity contribution is 6.01. The largest absolute Gasteiger partial charge is 0.466 e. The van der Waals surface area contributed by atoms with Gasteiger partial charge in [-0.1, -0.05) is 35.5 Å². The number of oxime groups is 1. The first-order chi connectivity index (χ1) is 15.4. The molecule has 1 amide bonds. The smallest absolute Gasteiger partial charge is 0.353 e. The van der Waals surface area contributed by atoms with Crippen LogP contribution in [0.1, 0.15) is 42.2 Å². The number of nitrogens with zero attached hydrogens (tertiary/aromatic N) is 2. The maximum Gasteiger partial charge on any atom is 0.353 e. The molecule has 1 aromatic heterocycles. The first kappa shape index (κ1) is 21.6. The highest BCUT2D eigenvalue weighted by Gasteiger charge is 2.47. The van der Waals surface area contributed by atoms with Gasteiger partial charge in [-0.15, -0.1) is 0 Å². The van der Waals surface area contributed by atoms with Gasteiger partial charge in [0.2, 0.25) is 5.60 Å². The highest BCUT2D eigenvalue weighted by Crippen LogP contribution is 2.30. The average Bonchev–Trinajstić information content (AvgIpc) is 3.42. The normalized spacial score (nSPS) is 17.8. The summed E-state index contributed by atoms with van der Waals surface area (Å²) in [5, 5.41) is 7.99. The quantitative estimate of drug-likeness (QED) is 0.573. The lowest BCUT2D eigenvalue weighted by Crippen LogP contribution is -2.43. The Labute approximate surface area is 187 Å². The summed E-state index contributed by atoms with van der Waals surface area (Å²) in [5.41, 5.74) is 1.98. The number of nitrogens with one attached hydrogen (secondary N) is 1. The second kappa shape index (κ2) is 8.86. The minimum atomic E-state index is -1.21. The van der Waals surface area contributed by atoms with Gasteiger partial charge in [0.25, 0.3) is 5.91 Å². The van der Waals surface area contributed by atoms with Crippen LogP contribution in [0.3, 0.4) is 0 Å². The van der Waals surface area contributed by atoms with Crippen LogP contribution >= 0.6 is 0 Å². The van der Waals surface area contributed by atoms with Crippen molar-refractivity contribution in [3.05, 3.63) is 71.9 Å². The van der Waals surface area contributed by atoms with Crippen molar-refractivity contribution in [2.45, 2.75) is 38.3 Å². The topological polar surface area (TPSA) is 81.9 Å². The predicted molar refractivity (Wildman–Crippen MR) is 123 cm³/mol. The Morgan fingerprint density at radius 2 is 1.97 bits per heavy atom. The molecule has 0 aliphatic carbocycles. The third-order valence-electron chi connectivity index (χ3n) is 5.72. The lowest BCUT2D eigenvalue weighted by Gasteiger charge is -2.23. The Bertz CT molecular complexity index is 1170. The summed E-state index contributed by atoms with van der Waals surface area (Å²) in [4.78, 5) is 30.8. The number of esters is 1. The number of amides is 1. The van der Waals surface area contributed by atoms with Gasteiger partial charge in [-0.2, -0.15) is 0 Å². The van der Waals surface area contributed by atoms with Gasteiger partial charge in [-0.05, 0) is 43.7 Å². The number of hydrogen-bond acceptors (Lipinski definition) is 5. The second-order valence-corrected chi connectivity index (χ2v) is 8.35. The van der Waals surface area contributed by atoms with Crippen molar-refractivity contribution in [1.29, 1.82) is 0 Å². The summed E-state index contributed by atoms with van der Waals surface area (Å²) in [6.45, 7) is 4.44. The number of carbonyl (C=O) groups is 2. The van der Waals surface area contributed by atoms with E-state index in [2.05, 4.69) is 28.9 Å². The Morgan fingerprint density at radius 1 is 1.19 bits per heavy atom. The van der Waals surface area contributed by atoms with E-state index in [9.17, 15) is 9.59 Å². The average molecular weight is 434 g/mol. The predicted octanol–water partition coefficient (Wildman–Crippen LogP) is 3.88. The van der Waals surface area contributed by atoms with Gasteiger partial charge in [0, 0.05) is 41.5 Å². The van der Waals surface area contributed by atoms with Gasteiger partial charge in [-0.25, -0.2) is 4.79 Å². The van der Waals surface area contributed by atoms with E-state index in [1.165, 1.54) is 7.11 Å². The molecule has 4 rings (SSSR count). The summed E-state index contributed by atoms with van der Waals surface area (Å²) in [5.74, 6) is -0.683.